The summed E-state index contributed by atoms with van der Waals surface area (Å²) in [6.07, 6.45) is 12.4. The fourth-order valence-corrected chi connectivity index (χ4v) is 13.9. The number of nitrogens with two attached hydrogens (primary N) is 1. The van der Waals surface area contributed by atoms with Crippen molar-refractivity contribution in [2.75, 3.05) is 11.1 Å². The van der Waals surface area contributed by atoms with E-state index in [2.05, 4.69) is 5.32 Å². The average Bonchev–Trinajstić information content (AvgIpc) is 3.26. The van der Waals surface area contributed by atoms with Crippen LogP contribution in [0.25, 0.3) is 21.5 Å². The van der Waals surface area contributed by atoms with E-state index in [4.69, 9.17) is 17.3 Å². The maximum Gasteiger partial charge on any atom is 0.258 e. The van der Waals surface area contributed by atoms with Crippen LogP contribution < -0.4 is 22.2 Å². The molecule has 1 amide bonds. The topological polar surface area (TPSA) is 116 Å². The third kappa shape index (κ3) is 8.43. The van der Waals surface area contributed by atoms with E-state index < -0.39 is 22.2 Å². The standard InChI is InChI=1S/C27H27FN2O2.C16H14N2O.C11H14ClFO/c28-27-14-19-11-20(15-27)13-26(12-19,17-27)25(32)29-23-8-4-7-22-21(23)9-10-30(24(22)31)16-18-5-2-1-3-6-18;17-15-8-4-7-14-13(15)9-10-18(16(14)19)11-12-5-2-1-3-6-12;12-9(14)10-2-7-1-8(3-10)5-11(13,4-7)6-10/h1-10,19-20H,11-17H2,(H,29,32);1-10H,11,17H2;7-8H,1-6H2. The van der Waals surface area contributed by atoms with Crippen LogP contribution >= 0.6 is 11.6 Å². The lowest BCUT2D eigenvalue weighted by Gasteiger charge is -2.58. The highest BCUT2D eigenvalue weighted by atomic mass is 35.5. The number of benzene rings is 4. The molecule has 0 radical (unpaired) electrons. The SMILES string of the molecule is Nc1cccc2c(=O)n(Cc3ccccc3)ccc12.O=C(Cl)C12CC3CC(CC(F)(C3)C1)C2.O=C(Nc1cccc2c(=O)n(Cc3ccccc3)ccc12)C12CC3CC(CC(F)(C3)C1)C2. The minimum absolute atomic E-state index is 0.00588. The first-order chi connectivity index (χ1) is 31.2. The molecule has 0 saturated heterocycles. The molecule has 8 fully saturated rings. The van der Waals surface area contributed by atoms with Gasteiger partial charge >= 0.3 is 0 Å². The number of aromatic nitrogens is 2. The second kappa shape index (κ2) is 16.7. The minimum atomic E-state index is -1.18. The quantitative estimate of drug-likeness (QED) is 0.122. The zero-order valence-corrected chi connectivity index (χ0v) is 37.3. The van der Waals surface area contributed by atoms with Crippen molar-refractivity contribution in [1.29, 1.82) is 0 Å². The summed E-state index contributed by atoms with van der Waals surface area (Å²) in [5, 5.41) is 5.61. The predicted molar refractivity (Wildman–Crippen MR) is 253 cm³/mol. The predicted octanol–water partition coefficient (Wildman–Crippen LogP) is 11.0. The van der Waals surface area contributed by atoms with Crippen LogP contribution in [-0.4, -0.2) is 31.6 Å². The molecule has 4 aromatic carbocycles. The fraction of sp³-hybridized carbons (Fsp3) is 0.407. The van der Waals surface area contributed by atoms with Gasteiger partial charge in [-0.3, -0.25) is 19.2 Å². The Balaban J connectivity index is 0.000000127. The highest BCUT2D eigenvalue weighted by Gasteiger charge is 2.62. The summed E-state index contributed by atoms with van der Waals surface area (Å²) >= 11 is 5.65. The summed E-state index contributed by atoms with van der Waals surface area (Å²) in [6.45, 7) is 1.07. The number of halogens is 3. The van der Waals surface area contributed by atoms with Crippen LogP contribution in [0, 0.1) is 34.5 Å². The monoisotopic (exact) mass is 896 g/mol. The Morgan fingerprint density at radius 2 is 1.02 bits per heavy atom. The van der Waals surface area contributed by atoms with Gasteiger partial charge in [0.25, 0.3) is 11.1 Å². The number of amides is 1. The van der Waals surface area contributed by atoms with Crippen LogP contribution in [0.1, 0.15) is 88.2 Å². The number of rotatable bonds is 7. The highest BCUT2D eigenvalue weighted by molar-refractivity contribution is 6.64. The number of hydrogen-bond donors (Lipinski definition) is 2. The van der Waals surface area contributed by atoms with E-state index in [-0.39, 0.29) is 22.3 Å². The smallest absolute Gasteiger partial charge is 0.258 e. The maximum absolute atomic E-state index is 15.3. The van der Waals surface area contributed by atoms with Crippen LogP contribution in [0.4, 0.5) is 20.2 Å². The first-order valence-corrected chi connectivity index (χ1v) is 23.5. The van der Waals surface area contributed by atoms with E-state index in [1.165, 1.54) is 0 Å². The van der Waals surface area contributed by atoms with Gasteiger partial charge < -0.3 is 20.2 Å². The first kappa shape index (κ1) is 43.3. The highest BCUT2D eigenvalue weighted by Crippen LogP contribution is 2.64. The molecule has 11 heteroatoms. The van der Waals surface area contributed by atoms with Gasteiger partial charge in [0.05, 0.1) is 18.5 Å². The molecule has 3 N–H and O–H groups in total. The summed E-state index contributed by atoms with van der Waals surface area (Å²) in [5.41, 5.74) is 5.90. The van der Waals surface area contributed by atoms with Gasteiger partial charge in [-0.15, -0.1) is 0 Å². The van der Waals surface area contributed by atoms with E-state index in [0.717, 1.165) is 60.4 Å². The molecular weight excluding hydrogens is 842 g/mol. The van der Waals surface area contributed by atoms with Gasteiger partial charge in [0.2, 0.25) is 11.1 Å². The van der Waals surface area contributed by atoms with Gasteiger partial charge in [0.15, 0.2) is 0 Å². The Hall–Kier alpha value is -5.61. The number of nitrogen functional groups attached to an aromatic ring is 1. The number of nitrogens with zero attached hydrogens (tertiary/aromatic N) is 2. The molecule has 14 rings (SSSR count). The van der Waals surface area contributed by atoms with Crippen LogP contribution in [0.2, 0.25) is 0 Å². The molecule has 2 aromatic heterocycles. The summed E-state index contributed by atoms with van der Waals surface area (Å²) in [6, 6.07) is 34.5. The van der Waals surface area contributed by atoms with E-state index in [9.17, 15) is 23.6 Å². The largest absolute Gasteiger partial charge is 0.398 e. The summed E-state index contributed by atoms with van der Waals surface area (Å²) < 4.78 is 33.0. The second-order valence-corrected chi connectivity index (χ2v) is 20.9. The number of anilines is 2. The van der Waals surface area contributed by atoms with Gasteiger partial charge in [0.1, 0.15) is 11.3 Å². The van der Waals surface area contributed by atoms with Crippen molar-refractivity contribution >= 4 is 55.7 Å². The number of nitrogens with one attached hydrogen (secondary N) is 1. The van der Waals surface area contributed by atoms with Crippen molar-refractivity contribution in [2.45, 2.75) is 101 Å². The number of pyridine rings is 2. The molecular formula is C54H55ClF2N4O4. The van der Waals surface area contributed by atoms with Gasteiger partial charge in [-0.05, 0) is 160 Å². The van der Waals surface area contributed by atoms with Gasteiger partial charge in [0, 0.05) is 50.7 Å². The lowest BCUT2D eigenvalue weighted by molar-refractivity contribution is -0.155. The Labute approximate surface area is 382 Å². The number of fused-ring (bicyclic) bond motifs is 2. The molecule has 0 aliphatic heterocycles. The third-order valence-electron chi connectivity index (χ3n) is 15.6. The molecule has 4 unspecified atom stereocenters. The number of carbonyl (C=O) groups excluding carboxylic acids is 2. The summed E-state index contributed by atoms with van der Waals surface area (Å²) in [4.78, 5) is 50.5. The Morgan fingerprint density at radius 3 is 1.51 bits per heavy atom. The molecule has 2 heterocycles. The molecule has 8 nitrogen and oxygen atoms in total. The van der Waals surface area contributed by atoms with Crippen molar-refractivity contribution in [2.24, 2.45) is 34.5 Å². The zero-order chi connectivity index (χ0) is 45.1. The van der Waals surface area contributed by atoms with E-state index >= 15 is 4.39 Å². The number of hydrogen-bond acceptors (Lipinski definition) is 5. The first-order valence-electron chi connectivity index (χ1n) is 23.2. The molecule has 65 heavy (non-hydrogen) atoms. The molecule has 336 valence electrons. The van der Waals surface area contributed by atoms with Crippen LogP contribution in [-0.2, 0) is 22.7 Å². The normalized spacial score (nSPS) is 30.0. The third-order valence-corrected chi connectivity index (χ3v) is 16.0. The van der Waals surface area contributed by atoms with Crippen LogP contribution in [0.3, 0.4) is 0 Å². The molecule has 8 aliphatic rings. The zero-order valence-electron chi connectivity index (χ0n) is 36.5. The van der Waals surface area contributed by atoms with Crippen LogP contribution in [0.5, 0.6) is 0 Å². The van der Waals surface area contributed by atoms with Crippen molar-refractivity contribution in [3.63, 3.8) is 0 Å². The van der Waals surface area contributed by atoms with Crippen molar-refractivity contribution in [3.05, 3.63) is 153 Å². The number of carbonyl (C=O) groups is 2. The van der Waals surface area contributed by atoms with Gasteiger partial charge in [-0.1, -0.05) is 72.8 Å². The fourth-order valence-electron chi connectivity index (χ4n) is 13.6. The van der Waals surface area contributed by atoms with Crippen molar-refractivity contribution in [1.82, 2.24) is 9.13 Å². The van der Waals surface area contributed by atoms with Gasteiger partial charge in [-0.2, -0.15) is 0 Å². The van der Waals surface area contributed by atoms with E-state index in [1.807, 2.05) is 103 Å². The lowest BCUT2D eigenvalue weighted by atomic mass is 9.48. The van der Waals surface area contributed by atoms with E-state index in [0.29, 0.717) is 97.4 Å². The molecule has 4 atom stereocenters. The van der Waals surface area contributed by atoms with Crippen LogP contribution in [0.15, 0.2) is 131 Å². The molecule has 6 aromatic rings. The Bertz CT molecular complexity index is 2890. The average molecular weight is 898 g/mol. The Morgan fingerprint density at radius 1 is 0.569 bits per heavy atom. The number of alkyl halides is 2. The second-order valence-electron chi connectivity index (χ2n) is 20.6. The van der Waals surface area contributed by atoms with Gasteiger partial charge in [-0.25, -0.2) is 8.78 Å². The molecule has 0 spiro atoms. The summed E-state index contributed by atoms with van der Waals surface area (Å²) in [7, 11) is 0. The maximum atomic E-state index is 15.3. The molecule has 8 aliphatic carbocycles. The summed E-state index contributed by atoms with van der Waals surface area (Å²) in [5.74, 6) is 1.41. The van der Waals surface area contributed by atoms with Crippen molar-refractivity contribution < 1.29 is 18.4 Å². The van der Waals surface area contributed by atoms with Crippen molar-refractivity contribution in [3.8, 4) is 0 Å². The lowest BCUT2D eigenvalue weighted by Crippen LogP contribution is -2.57. The molecule has 8 saturated carbocycles. The molecule has 8 bridgehead atoms. The Kier molecular flexibility index (Phi) is 11.1. The van der Waals surface area contributed by atoms with E-state index in [1.54, 1.807) is 27.6 Å². The minimum Gasteiger partial charge on any atom is -0.398 e.